The van der Waals surface area contributed by atoms with Crippen molar-refractivity contribution in [3.05, 3.63) is 45.9 Å². The molecule has 0 radical (unpaired) electrons. The van der Waals surface area contributed by atoms with Gasteiger partial charge in [0.1, 0.15) is 17.4 Å². The SMILES string of the molecule is CCc1ccccc1OCc1ncc(CCC(=O)O)s1. The minimum absolute atomic E-state index is 0.140. The smallest absolute Gasteiger partial charge is 0.303 e. The highest BCUT2D eigenvalue weighted by molar-refractivity contribution is 7.11. The number of aliphatic carboxylic acids is 1. The molecule has 2 rings (SSSR count). The molecular weight excluding hydrogens is 274 g/mol. The minimum atomic E-state index is -0.784. The van der Waals surface area contributed by atoms with Crippen LogP contribution in [0.15, 0.2) is 30.5 Å². The summed E-state index contributed by atoms with van der Waals surface area (Å²) in [6.07, 6.45) is 3.33. The second-order valence-corrected chi connectivity index (χ2v) is 5.56. The molecule has 0 fully saturated rings. The van der Waals surface area contributed by atoms with E-state index in [1.807, 2.05) is 18.2 Å². The Labute approximate surface area is 122 Å². The van der Waals surface area contributed by atoms with E-state index in [1.165, 1.54) is 16.9 Å². The standard InChI is InChI=1S/C15H17NO3S/c1-2-11-5-3-4-6-13(11)19-10-14-16-9-12(20-14)7-8-15(17)18/h3-6,9H,2,7-8,10H2,1H3,(H,17,18). The Morgan fingerprint density at radius 2 is 2.20 bits per heavy atom. The quantitative estimate of drug-likeness (QED) is 0.850. The molecule has 1 aromatic heterocycles. The lowest BCUT2D eigenvalue weighted by Gasteiger charge is -2.08. The molecule has 1 aromatic carbocycles. The third-order valence-electron chi connectivity index (χ3n) is 2.89. The number of thiazole rings is 1. The summed E-state index contributed by atoms with van der Waals surface area (Å²) in [5.74, 6) is 0.102. The van der Waals surface area contributed by atoms with Gasteiger partial charge in [0.25, 0.3) is 0 Å². The van der Waals surface area contributed by atoms with Gasteiger partial charge >= 0.3 is 5.97 Å². The summed E-state index contributed by atoms with van der Waals surface area (Å²) >= 11 is 1.51. The molecule has 4 nitrogen and oxygen atoms in total. The Bertz CT molecular complexity index is 580. The van der Waals surface area contributed by atoms with Crippen molar-refractivity contribution in [2.24, 2.45) is 0 Å². The number of ether oxygens (including phenoxy) is 1. The minimum Gasteiger partial charge on any atom is -0.486 e. The van der Waals surface area contributed by atoms with Crippen molar-refractivity contribution >= 4 is 17.3 Å². The van der Waals surface area contributed by atoms with E-state index in [9.17, 15) is 4.79 Å². The lowest BCUT2D eigenvalue weighted by atomic mass is 10.1. The first-order chi connectivity index (χ1) is 9.69. The molecule has 1 heterocycles. The first-order valence-corrected chi connectivity index (χ1v) is 7.36. The maximum absolute atomic E-state index is 10.5. The van der Waals surface area contributed by atoms with Gasteiger partial charge in [0.05, 0.1) is 6.42 Å². The number of hydrogen-bond acceptors (Lipinski definition) is 4. The summed E-state index contributed by atoms with van der Waals surface area (Å²) in [5, 5.41) is 9.52. The molecule has 0 saturated carbocycles. The maximum atomic E-state index is 10.5. The molecule has 0 aliphatic rings. The van der Waals surface area contributed by atoms with Gasteiger partial charge in [-0.1, -0.05) is 25.1 Å². The van der Waals surface area contributed by atoms with Gasteiger partial charge in [-0.25, -0.2) is 4.98 Å². The molecule has 0 atom stereocenters. The molecule has 0 aliphatic heterocycles. The molecule has 0 amide bonds. The van der Waals surface area contributed by atoms with Crippen LogP contribution in [0.2, 0.25) is 0 Å². The van der Waals surface area contributed by atoms with Crippen LogP contribution in [-0.2, 0) is 24.2 Å². The molecule has 0 saturated heterocycles. The fourth-order valence-corrected chi connectivity index (χ4v) is 2.67. The van der Waals surface area contributed by atoms with E-state index in [0.717, 1.165) is 22.1 Å². The van der Waals surface area contributed by atoms with Crippen LogP contribution in [0.1, 0.15) is 28.8 Å². The van der Waals surface area contributed by atoms with Gasteiger partial charge in [-0.3, -0.25) is 4.79 Å². The zero-order valence-corrected chi connectivity index (χ0v) is 12.2. The van der Waals surface area contributed by atoms with Crippen molar-refractivity contribution in [3.63, 3.8) is 0 Å². The van der Waals surface area contributed by atoms with Gasteiger partial charge in [0.15, 0.2) is 0 Å². The van der Waals surface area contributed by atoms with Crippen LogP contribution in [-0.4, -0.2) is 16.1 Å². The predicted molar refractivity (Wildman–Crippen MR) is 78.2 cm³/mol. The number of para-hydroxylation sites is 1. The molecule has 1 N–H and O–H groups in total. The summed E-state index contributed by atoms with van der Waals surface area (Å²) in [6.45, 7) is 2.52. The van der Waals surface area contributed by atoms with Crippen molar-refractivity contribution < 1.29 is 14.6 Å². The summed E-state index contributed by atoms with van der Waals surface area (Å²) in [7, 11) is 0. The van der Waals surface area contributed by atoms with Crippen LogP contribution < -0.4 is 4.74 Å². The van der Waals surface area contributed by atoms with Gasteiger partial charge in [0.2, 0.25) is 0 Å². The number of aromatic nitrogens is 1. The van der Waals surface area contributed by atoms with Crippen molar-refractivity contribution in [1.29, 1.82) is 0 Å². The summed E-state index contributed by atoms with van der Waals surface area (Å²) in [5.41, 5.74) is 1.18. The number of carbonyl (C=O) groups is 1. The van der Waals surface area contributed by atoms with Gasteiger partial charge < -0.3 is 9.84 Å². The molecular formula is C15H17NO3S. The second-order valence-electron chi connectivity index (χ2n) is 4.36. The van der Waals surface area contributed by atoms with E-state index < -0.39 is 5.97 Å². The largest absolute Gasteiger partial charge is 0.486 e. The van der Waals surface area contributed by atoms with Crippen LogP contribution in [0, 0.1) is 0 Å². The fourth-order valence-electron chi connectivity index (χ4n) is 1.84. The van der Waals surface area contributed by atoms with E-state index >= 15 is 0 Å². The Hall–Kier alpha value is -1.88. The topological polar surface area (TPSA) is 59.4 Å². The van der Waals surface area contributed by atoms with Crippen LogP contribution in [0.25, 0.3) is 0 Å². The molecule has 2 aromatic rings. The number of hydrogen-bond donors (Lipinski definition) is 1. The van der Waals surface area contributed by atoms with Gasteiger partial charge in [0, 0.05) is 11.1 Å². The highest BCUT2D eigenvalue weighted by Gasteiger charge is 2.06. The third kappa shape index (κ3) is 4.06. The van der Waals surface area contributed by atoms with Gasteiger partial charge in [-0.15, -0.1) is 11.3 Å². The summed E-state index contributed by atoms with van der Waals surface area (Å²) in [6, 6.07) is 7.96. The first-order valence-electron chi connectivity index (χ1n) is 6.55. The van der Waals surface area contributed by atoms with Gasteiger partial charge in [-0.05, 0) is 24.5 Å². The Morgan fingerprint density at radius 1 is 1.40 bits per heavy atom. The average Bonchev–Trinajstić information content (AvgIpc) is 2.91. The van der Waals surface area contributed by atoms with E-state index in [0.29, 0.717) is 13.0 Å². The van der Waals surface area contributed by atoms with Crippen molar-refractivity contribution in [2.75, 3.05) is 0 Å². The number of benzene rings is 1. The summed E-state index contributed by atoms with van der Waals surface area (Å²) in [4.78, 5) is 15.8. The van der Waals surface area contributed by atoms with Crippen molar-refractivity contribution in [3.8, 4) is 5.75 Å². The molecule has 5 heteroatoms. The number of carboxylic acids is 1. The van der Waals surface area contributed by atoms with Crippen molar-refractivity contribution in [1.82, 2.24) is 4.98 Å². The molecule has 0 unspecified atom stereocenters. The van der Waals surface area contributed by atoms with Crippen LogP contribution in [0.4, 0.5) is 0 Å². The first kappa shape index (κ1) is 14.5. The average molecular weight is 291 g/mol. The van der Waals surface area contributed by atoms with Crippen molar-refractivity contribution in [2.45, 2.75) is 32.8 Å². The molecule has 0 spiro atoms. The second kappa shape index (κ2) is 7.05. The zero-order chi connectivity index (χ0) is 14.4. The van der Waals surface area contributed by atoms with Crippen LogP contribution in [0.3, 0.4) is 0 Å². The number of carboxylic acid groups (broad SMARTS) is 1. The zero-order valence-electron chi connectivity index (χ0n) is 11.3. The Balaban J connectivity index is 1.92. The monoisotopic (exact) mass is 291 g/mol. The van der Waals surface area contributed by atoms with E-state index in [4.69, 9.17) is 9.84 Å². The highest BCUT2D eigenvalue weighted by atomic mass is 32.1. The summed E-state index contributed by atoms with van der Waals surface area (Å²) < 4.78 is 5.78. The lowest BCUT2D eigenvalue weighted by molar-refractivity contribution is -0.136. The third-order valence-corrected chi connectivity index (χ3v) is 3.92. The van der Waals surface area contributed by atoms with Crippen LogP contribution in [0.5, 0.6) is 5.75 Å². The normalized spacial score (nSPS) is 10.4. The van der Waals surface area contributed by atoms with E-state index in [-0.39, 0.29) is 6.42 Å². The number of nitrogens with zero attached hydrogens (tertiary/aromatic N) is 1. The highest BCUT2D eigenvalue weighted by Crippen LogP contribution is 2.21. The molecule has 0 aliphatic carbocycles. The van der Waals surface area contributed by atoms with Crippen LogP contribution >= 0.6 is 11.3 Å². The lowest BCUT2D eigenvalue weighted by Crippen LogP contribution is -1.97. The number of rotatable bonds is 7. The Kier molecular flexibility index (Phi) is 5.12. The molecule has 20 heavy (non-hydrogen) atoms. The van der Waals surface area contributed by atoms with Gasteiger partial charge in [-0.2, -0.15) is 0 Å². The molecule has 0 bridgehead atoms. The van der Waals surface area contributed by atoms with E-state index in [2.05, 4.69) is 18.0 Å². The molecule has 106 valence electrons. The predicted octanol–water partition coefficient (Wildman–Crippen LogP) is 3.30. The fraction of sp³-hybridized carbons (Fsp3) is 0.333. The van der Waals surface area contributed by atoms with E-state index in [1.54, 1.807) is 6.20 Å². The number of aryl methyl sites for hydroxylation is 2. The Morgan fingerprint density at radius 3 is 2.95 bits per heavy atom. The maximum Gasteiger partial charge on any atom is 0.303 e.